The molecule has 1 saturated carbocycles. The van der Waals surface area contributed by atoms with E-state index < -0.39 is 5.97 Å². The standard InChI is InChI=1S/C29H35N3O4/c1-18-10-12-21-23(31(18)28(35)36-4)14-15-24-26(21)30-25(16-19-8-6-5-7-9-19)32(24)20-11-13-22(27(33)34)29(2,3)17-20/h5-9,14-15,18,20,22H,10-13,16-17H2,1-4H3,(H,33,34)/t18-,20-,22+/m0/s1. The quantitative estimate of drug-likeness (QED) is 0.487. The van der Waals surface area contributed by atoms with Gasteiger partial charge in [0.2, 0.25) is 0 Å². The Morgan fingerprint density at radius 1 is 1.11 bits per heavy atom. The largest absolute Gasteiger partial charge is 0.481 e. The van der Waals surface area contributed by atoms with Crippen molar-refractivity contribution in [1.82, 2.24) is 9.55 Å². The van der Waals surface area contributed by atoms with Crippen molar-refractivity contribution in [2.45, 2.75) is 71.4 Å². The summed E-state index contributed by atoms with van der Waals surface area (Å²) in [5.41, 5.74) is 4.83. The molecule has 1 fully saturated rings. The highest BCUT2D eigenvalue weighted by Crippen LogP contribution is 2.47. The molecule has 1 N–H and O–H groups in total. The number of hydrogen-bond donors (Lipinski definition) is 1. The third-order valence-corrected chi connectivity index (χ3v) is 8.26. The maximum absolute atomic E-state index is 12.6. The highest BCUT2D eigenvalue weighted by Gasteiger charge is 2.42. The molecule has 190 valence electrons. The molecule has 1 aliphatic heterocycles. The molecule has 2 aliphatic rings. The van der Waals surface area contributed by atoms with E-state index in [4.69, 9.17) is 9.72 Å². The van der Waals surface area contributed by atoms with Gasteiger partial charge < -0.3 is 14.4 Å². The second-order valence-electron chi connectivity index (χ2n) is 11.0. The van der Waals surface area contributed by atoms with E-state index in [1.807, 2.05) is 31.2 Å². The molecule has 7 nitrogen and oxygen atoms in total. The third kappa shape index (κ3) is 4.14. The average molecular weight is 490 g/mol. The lowest BCUT2D eigenvalue weighted by Gasteiger charge is -2.41. The Morgan fingerprint density at radius 3 is 2.53 bits per heavy atom. The van der Waals surface area contributed by atoms with E-state index in [-0.39, 0.29) is 29.5 Å². The molecule has 0 bridgehead atoms. The fraction of sp³-hybridized carbons (Fsp3) is 0.483. The number of hydrogen-bond acceptors (Lipinski definition) is 4. The Kier molecular flexibility index (Phi) is 6.27. The molecular formula is C29H35N3O4. The summed E-state index contributed by atoms with van der Waals surface area (Å²) in [6.07, 6.45) is 4.27. The number of carboxylic acids is 1. The normalized spacial score (nSPS) is 23.3. The smallest absolute Gasteiger partial charge is 0.414 e. The van der Waals surface area contributed by atoms with Crippen LogP contribution in [0.5, 0.6) is 0 Å². The van der Waals surface area contributed by atoms with Crippen LogP contribution >= 0.6 is 0 Å². The summed E-state index contributed by atoms with van der Waals surface area (Å²) in [4.78, 5) is 31.5. The van der Waals surface area contributed by atoms with Gasteiger partial charge in [-0.2, -0.15) is 0 Å². The number of amides is 1. The summed E-state index contributed by atoms with van der Waals surface area (Å²) < 4.78 is 7.46. The van der Waals surface area contributed by atoms with E-state index in [2.05, 4.69) is 36.6 Å². The van der Waals surface area contributed by atoms with E-state index in [1.54, 1.807) is 4.90 Å². The van der Waals surface area contributed by atoms with Gasteiger partial charge in [-0.3, -0.25) is 9.69 Å². The van der Waals surface area contributed by atoms with Crippen molar-refractivity contribution < 1.29 is 19.4 Å². The summed E-state index contributed by atoms with van der Waals surface area (Å²) in [7, 11) is 1.42. The zero-order chi connectivity index (χ0) is 25.6. The number of aliphatic carboxylic acids is 1. The number of ether oxygens (including phenoxy) is 1. The van der Waals surface area contributed by atoms with E-state index in [0.29, 0.717) is 12.8 Å². The second-order valence-corrected chi connectivity index (χ2v) is 11.0. The zero-order valence-corrected chi connectivity index (χ0v) is 21.5. The number of benzene rings is 2. The van der Waals surface area contributed by atoms with Gasteiger partial charge in [0.05, 0.1) is 29.7 Å². The topological polar surface area (TPSA) is 84.7 Å². The lowest BCUT2D eigenvalue weighted by atomic mass is 9.67. The Hall–Kier alpha value is -3.35. The van der Waals surface area contributed by atoms with Gasteiger partial charge in [0.25, 0.3) is 0 Å². The molecule has 36 heavy (non-hydrogen) atoms. The number of aryl methyl sites for hydroxylation is 1. The summed E-state index contributed by atoms with van der Waals surface area (Å²) in [6.45, 7) is 6.20. The van der Waals surface area contributed by atoms with Crippen LogP contribution in [-0.4, -0.2) is 39.9 Å². The van der Waals surface area contributed by atoms with Crippen molar-refractivity contribution in [3.05, 3.63) is 59.4 Å². The van der Waals surface area contributed by atoms with E-state index in [0.717, 1.165) is 53.8 Å². The van der Waals surface area contributed by atoms with Crippen LogP contribution in [-0.2, 0) is 22.4 Å². The highest BCUT2D eigenvalue weighted by molar-refractivity contribution is 5.95. The van der Waals surface area contributed by atoms with Crippen LogP contribution in [0.25, 0.3) is 11.0 Å². The van der Waals surface area contributed by atoms with Gasteiger partial charge in [0.15, 0.2) is 0 Å². The molecule has 1 aromatic heterocycles. The predicted octanol–water partition coefficient (Wildman–Crippen LogP) is 5.99. The lowest BCUT2D eigenvalue weighted by Crippen LogP contribution is -2.42. The van der Waals surface area contributed by atoms with Crippen LogP contribution in [0.3, 0.4) is 0 Å². The van der Waals surface area contributed by atoms with E-state index in [9.17, 15) is 14.7 Å². The molecule has 2 heterocycles. The number of rotatable bonds is 4. The number of carboxylic acid groups (broad SMARTS) is 1. The first-order valence-corrected chi connectivity index (χ1v) is 12.9. The molecule has 0 unspecified atom stereocenters. The van der Waals surface area contributed by atoms with Crippen molar-refractivity contribution in [3.8, 4) is 0 Å². The molecule has 7 heteroatoms. The van der Waals surface area contributed by atoms with Gasteiger partial charge in [-0.25, -0.2) is 9.78 Å². The summed E-state index contributed by atoms with van der Waals surface area (Å²) in [6, 6.07) is 14.7. The molecule has 0 spiro atoms. The van der Waals surface area contributed by atoms with Crippen LogP contribution in [0, 0.1) is 11.3 Å². The van der Waals surface area contributed by atoms with E-state index >= 15 is 0 Å². The fourth-order valence-corrected chi connectivity index (χ4v) is 6.41. The summed E-state index contributed by atoms with van der Waals surface area (Å²) in [5.74, 6) is -0.0593. The van der Waals surface area contributed by atoms with Crippen LogP contribution in [0.4, 0.5) is 10.5 Å². The predicted molar refractivity (Wildman–Crippen MR) is 139 cm³/mol. The van der Waals surface area contributed by atoms with Crippen molar-refractivity contribution in [3.63, 3.8) is 0 Å². The number of aromatic nitrogens is 2. The number of anilines is 1. The third-order valence-electron chi connectivity index (χ3n) is 8.26. The minimum atomic E-state index is -0.704. The van der Waals surface area contributed by atoms with Gasteiger partial charge in [-0.1, -0.05) is 44.2 Å². The van der Waals surface area contributed by atoms with Crippen LogP contribution in [0.15, 0.2) is 42.5 Å². The first kappa shape index (κ1) is 24.3. The molecule has 1 amide bonds. The minimum absolute atomic E-state index is 0.0559. The van der Waals surface area contributed by atoms with Gasteiger partial charge in [0, 0.05) is 24.1 Å². The van der Waals surface area contributed by atoms with Gasteiger partial charge in [-0.05, 0) is 62.1 Å². The van der Waals surface area contributed by atoms with Gasteiger partial charge >= 0.3 is 12.1 Å². The number of nitrogens with zero attached hydrogens (tertiary/aromatic N) is 3. The monoisotopic (exact) mass is 489 g/mol. The number of carbonyl (C=O) groups is 2. The Balaban J connectivity index is 1.64. The molecule has 3 atom stereocenters. The van der Waals surface area contributed by atoms with Crippen molar-refractivity contribution >= 4 is 28.8 Å². The maximum Gasteiger partial charge on any atom is 0.414 e. The molecule has 1 aliphatic carbocycles. The Morgan fingerprint density at radius 2 is 1.86 bits per heavy atom. The summed E-state index contributed by atoms with van der Waals surface area (Å²) >= 11 is 0. The van der Waals surface area contributed by atoms with Crippen molar-refractivity contribution in [2.75, 3.05) is 12.0 Å². The van der Waals surface area contributed by atoms with Gasteiger partial charge in [-0.15, -0.1) is 0 Å². The zero-order valence-electron chi connectivity index (χ0n) is 21.5. The number of imidazole rings is 1. The van der Waals surface area contributed by atoms with Gasteiger partial charge in [0.1, 0.15) is 5.82 Å². The number of carbonyl (C=O) groups excluding carboxylic acids is 1. The maximum atomic E-state index is 12.6. The average Bonchev–Trinajstić information content (AvgIpc) is 3.21. The fourth-order valence-electron chi connectivity index (χ4n) is 6.41. The highest BCUT2D eigenvalue weighted by atomic mass is 16.5. The molecule has 0 saturated heterocycles. The molecule has 5 rings (SSSR count). The Labute approximate surface area is 212 Å². The van der Waals surface area contributed by atoms with Crippen molar-refractivity contribution in [1.29, 1.82) is 0 Å². The second kappa shape index (κ2) is 9.26. The first-order valence-electron chi connectivity index (χ1n) is 12.9. The molecule has 3 aromatic rings. The SMILES string of the molecule is COC(=O)N1c2ccc3c(nc(Cc4ccccc4)n3[C@H]3CC[C@H](C(=O)O)C(C)(C)C3)c2CC[C@@H]1C. The molecule has 0 radical (unpaired) electrons. The molecular weight excluding hydrogens is 454 g/mol. The van der Waals surface area contributed by atoms with Crippen molar-refractivity contribution in [2.24, 2.45) is 11.3 Å². The number of fused-ring (bicyclic) bond motifs is 3. The van der Waals surface area contributed by atoms with Crippen LogP contribution in [0.2, 0.25) is 0 Å². The number of methoxy groups -OCH3 is 1. The summed E-state index contributed by atoms with van der Waals surface area (Å²) in [5, 5.41) is 9.79. The lowest BCUT2D eigenvalue weighted by molar-refractivity contribution is -0.148. The first-order chi connectivity index (χ1) is 17.2. The Bertz CT molecular complexity index is 1300. The minimum Gasteiger partial charge on any atom is -0.481 e. The molecule has 2 aromatic carbocycles. The van der Waals surface area contributed by atoms with Crippen LogP contribution < -0.4 is 4.90 Å². The van der Waals surface area contributed by atoms with E-state index in [1.165, 1.54) is 12.7 Å². The van der Waals surface area contributed by atoms with Crippen LogP contribution in [0.1, 0.15) is 69.4 Å².